The highest BCUT2D eigenvalue weighted by atomic mass is 32.2. The SMILES string of the molecule is CC[C@H](CS[C@@H](C)[C@H]1CC[C@H]2[C@@H]3[C@@H](O)[C@H](O)[C@H]4Cc5[nH]ncc5C[C@]4(C)[C@H]3CC[C@]12C)C(C)C. The smallest absolute Gasteiger partial charge is 0.0839 e. The number of hydrogen-bond donors (Lipinski definition) is 3. The number of aromatic amines is 1. The molecule has 3 fully saturated rings. The summed E-state index contributed by atoms with van der Waals surface area (Å²) >= 11 is 2.21. The van der Waals surface area contributed by atoms with Crippen LogP contribution in [-0.2, 0) is 12.8 Å². The predicted octanol–water partition coefficient (Wildman–Crippen LogP) is 5.73. The van der Waals surface area contributed by atoms with Crippen molar-refractivity contribution in [3.63, 3.8) is 0 Å². The van der Waals surface area contributed by atoms with Crippen molar-refractivity contribution < 1.29 is 10.2 Å². The molecule has 4 aliphatic carbocycles. The second-order valence-corrected chi connectivity index (χ2v) is 14.7. The van der Waals surface area contributed by atoms with Gasteiger partial charge in [0.2, 0.25) is 0 Å². The van der Waals surface area contributed by atoms with Gasteiger partial charge in [-0.1, -0.05) is 48.0 Å². The Hall–Kier alpha value is -0.520. The molecule has 1 heterocycles. The fourth-order valence-electron chi connectivity index (χ4n) is 9.47. The Balaban J connectivity index is 1.37. The lowest BCUT2D eigenvalue weighted by Crippen LogP contribution is -2.64. The molecule has 0 saturated heterocycles. The van der Waals surface area contributed by atoms with Crippen LogP contribution >= 0.6 is 11.8 Å². The Bertz CT molecular complexity index is 872. The molecule has 0 bridgehead atoms. The van der Waals surface area contributed by atoms with Gasteiger partial charge >= 0.3 is 0 Å². The van der Waals surface area contributed by atoms with Gasteiger partial charge in [0.15, 0.2) is 0 Å². The van der Waals surface area contributed by atoms with E-state index in [1.807, 2.05) is 6.20 Å². The maximum absolute atomic E-state index is 11.6. The summed E-state index contributed by atoms with van der Waals surface area (Å²) in [6.45, 7) is 14.5. The van der Waals surface area contributed by atoms with E-state index in [1.54, 1.807) is 0 Å². The molecule has 1 aromatic heterocycles. The van der Waals surface area contributed by atoms with Crippen LogP contribution in [0.15, 0.2) is 6.20 Å². The van der Waals surface area contributed by atoms with Crippen molar-refractivity contribution in [3.8, 4) is 0 Å². The third kappa shape index (κ3) is 3.74. The molecule has 0 radical (unpaired) electrons. The molecule has 4 aliphatic rings. The van der Waals surface area contributed by atoms with Crippen LogP contribution in [0.25, 0.3) is 0 Å². The molecule has 0 spiro atoms. The molecule has 0 unspecified atom stereocenters. The Morgan fingerprint density at radius 3 is 2.50 bits per heavy atom. The molecule has 3 N–H and O–H groups in total. The standard InChI is InChI=1S/C29H48N2O2S/c1-7-18(16(2)3)15-34-17(4)20-8-9-21-25-22(10-11-28(20,21)5)29(6)13-19-14-30-31-24(19)12-23(29)26(32)27(25)33/h14,16-18,20-23,25-27,32-33H,7-13,15H2,1-6H3,(H,30,31)/t17-,18+,20+,21-,22-,23+,25-,26+,27+,28+,29+/m0/s1. The van der Waals surface area contributed by atoms with Gasteiger partial charge < -0.3 is 10.2 Å². The van der Waals surface area contributed by atoms with E-state index in [4.69, 9.17) is 0 Å². The monoisotopic (exact) mass is 488 g/mol. The van der Waals surface area contributed by atoms with Crippen LogP contribution < -0.4 is 0 Å². The molecule has 5 rings (SSSR count). The molecule has 4 nitrogen and oxygen atoms in total. The number of hydrogen-bond acceptors (Lipinski definition) is 4. The quantitative estimate of drug-likeness (QED) is 0.478. The van der Waals surface area contributed by atoms with Crippen LogP contribution in [0.3, 0.4) is 0 Å². The number of thioether (sulfide) groups is 1. The van der Waals surface area contributed by atoms with Crippen LogP contribution in [0, 0.1) is 52.3 Å². The Morgan fingerprint density at radius 1 is 1.06 bits per heavy atom. The van der Waals surface area contributed by atoms with Gasteiger partial charge in [0.25, 0.3) is 0 Å². The van der Waals surface area contributed by atoms with E-state index < -0.39 is 12.2 Å². The zero-order valence-electron chi connectivity index (χ0n) is 22.3. The number of H-pyrrole nitrogens is 1. The van der Waals surface area contributed by atoms with E-state index in [9.17, 15) is 10.2 Å². The van der Waals surface area contributed by atoms with Crippen LogP contribution in [-0.4, -0.2) is 43.6 Å². The van der Waals surface area contributed by atoms with Crippen molar-refractivity contribution in [2.45, 2.75) is 104 Å². The first-order valence-corrected chi connectivity index (χ1v) is 15.2. The van der Waals surface area contributed by atoms with Crippen LogP contribution in [0.1, 0.15) is 84.9 Å². The molecule has 0 aliphatic heterocycles. The average molecular weight is 489 g/mol. The Morgan fingerprint density at radius 2 is 1.79 bits per heavy atom. The molecule has 5 heteroatoms. The minimum atomic E-state index is -0.632. The van der Waals surface area contributed by atoms with Crippen LogP contribution in [0.4, 0.5) is 0 Å². The maximum Gasteiger partial charge on any atom is 0.0839 e. The number of nitrogens with zero attached hydrogens (tertiary/aromatic N) is 1. The number of fused-ring (bicyclic) bond motifs is 6. The van der Waals surface area contributed by atoms with Gasteiger partial charge in [0.1, 0.15) is 0 Å². The van der Waals surface area contributed by atoms with Crippen LogP contribution in [0.2, 0.25) is 0 Å². The molecule has 1 aromatic rings. The lowest BCUT2D eigenvalue weighted by atomic mass is 9.43. The van der Waals surface area contributed by atoms with Crippen LogP contribution in [0.5, 0.6) is 0 Å². The van der Waals surface area contributed by atoms with Crippen molar-refractivity contribution in [1.29, 1.82) is 0 Å². The normalized spacial score (nSPS) is 45.3. The number of aliphatic hydroxyl groups excluding tert-OH is 2. The van der Waals surface area contributed by atoms with Gasteiger partial charge in [-0.2, -0.15) is 16.9 Å². The summed E-state index contributed by atoms with van der Waals surface area (Å²) < 4.78 is 0. The minimum Gasteiger partial charge on any atom is -0.390 e. The molecule has 0 aromatic carbocycles. The highest BCUT2D eigenvalue weighted by Crippen LogP contribution is 2.67. The van der Waals surface area contributed by atoms with Gasteiger partial charge in [-0.25, -0.2) is 0 Å². The van der Waals surface area contributed by atoms with Crippen molar-refractivity contribution in [1.82, 2.24) is 10.2 Å². The number of aromatic nitrogens is 2. The molecular weight excluding hydrogens is 440 g/mol. The zero-order valence-corrected chi connectivity index (χ0v) is 23.1. The van der Waals surface area contributed by atoms with E-state index in [1.165, 1.54) is 49.1 Å². The summed E-state index contributed by atoms with van der Waals surface area (Å²) in [5.41, 5.74) is 2.84. The van der Waals surface area contributed by atoms with Gasteiger partial charge in [-0.15, -0.1) is 0 Å². The van der Waals surface area contributed by atoms with E-state index in [-0.39, 0.29) is 22.7 Å². The highest BCUT2D eigenvalue weighted by molar-refractivity contribution is 7.99. The molecule has 34 heavy (non-hydrogen) atoms. The Kier molecular flexibility index (Phi) is 6.73. The topological polar surface area (TPSA) is 69.1 Å². The second kappa shape index (κ2) is 9.10. The first kappa shape index (κ1) is 25.1. The number of rotatable bonds is 6. The summed E-state index contributed by atoms with van der Waals surface area (Å²) in [6, 6.07) is 0. The van der Waals surface area contributed by atoms with E-state index in [0.29, 0.717) is 17.1 Å². The third-order valence-corrected chi connectivity index (χ3v) is 13.1. The highest BCUT2D eigenvalue weighted by Gasteiger charge is 2.65. The fourth-order valence-corrected chi connectivity index (χ4v) is 11.3. The largest absolute Gasteiger partial charge is 0.390 e. The number of nitrogens with one attached hydrogen (secondary N) is 1. The molecule has 11 atom stereocenters. The molecule has 3 saturated carbocycles. The van der Waals surface area contributed by atoms with Gasteiger partial charge in [-0.05, 0) is 102 Å². The molecular formula is C29H48N2O2S. The summed E-state index contributed by atoms with van der Waals surface area (Å²) in [6.07, 6.45) is 8.83. The van der Waals surface area contributed by atoms with Gasteiger partial charge in [-0.3, -0.25) is 5.10 Å². The van der Waals surface area contributed by atoms with Crippen molar-refractivity contribution >= 4 is 11.8 Å². The summed E-state index contributed by atoms with van der Waals surface area (Å²) in [5.74, 6) is 4.91. The minimum absolute atomic E-state index is 0.0472. The van der Waals surface area contributed by atoms with E-state index in [0.717, 1.165) is 30.6 Å². The fraction of sp³-hybridized carbons (Fsp3) is 0.897. The lowest BCUT2D eigenvalue weighted by molar-refractivity contribution is -0.206. The first-order chi connectivity index (χ1) is 16.1. The van der Waals surface area contributed by atoms with E-state index in [2.05, 4.69) is 63.5 Å². The maximum atomic E-state index is 11.6. The zero-order chi connectivity index (χ0) is 24.4. The van der Waals surface area contributed by atoms with Gasteiger partial charge in [0, 0.05) is 10.9 Å². The summed E-state index contributed by atoms with van der Waals surface area (Å²) in [7, 11) is 0. The number of aliphatic hydroxyl groups is 2. The molecule has 0 amide bonds. The average Bonchev–Trinajstić information content (AvgIpc) is 3.39. The Labute approximate surface area is 211 Å². The van der Waals surface area contributed by atoms with Crippen molar-refractivity contribution in [2.24, 2.45) is 52.3 Å². The third-order valence-electron chi connectivity index (χ3n) is 11.7. The van der Waals surface area contributed by atoms with E-state index >= 15 is 0 Å². The van der Waals surface area contributed by atoms with Gasteiger partial charge in [0.05, 0.1) is 18.4 Å². The lowest BCUT2D eigenvalue weighted by Gasteiger charge is -2.63. The summed E-state index contributed by atoms with van der Waals surface area (Å²) in [4.78, 5) is 0. The summed E-state index contributed by atoms with van der Waals surface area (Å²) in [5, 5.41) is 31.2. The second-order valence-electron chi connectivity index (χ2n) is 13.3. The first-order valence-electron chi connectivity index (χ1n) is 14.1. The van der Waals surface area contributed by atoms with Crippen molar-refractivity contribution in [2.75, 3.05) is 5.75 Å². The molecule has 192 valence electrons. The van der Waals surface area contributed by atoms with Crippen molar-refractivity contribution in [3.05, 3.63) is 17.5 Å². The predicted molar refractivity (Wildman–Crippen MR) is 141 cm³/mol.